The average molecular weight is 1400 g/mol. The second kappa shape index (κ2) is 26.5. The van der Waals surface area contributed by atoms with Crippen molar-refractivity contribution in [3.63, 3.8) is 0 Å². The number of benzene rings is 17. The summed E-state index contributed by atoms with van der Waals surface area (Å²) in [4.78, 5) is 17.6. The van der Waals surface area contributed by atoms with Crippen LogP contribution in [-0.2, 0) is 5.41 Å². The number of rotatable bonds is 13. The van der Waals surface area contributed by atoms with E-state index in [-0.39, 0.29) is 0 Å². The molecule has 0 aliphatic heterocycles. The number of hydrogen-bond donors (Lipinski definition) is 0. The van der Waals surface area contributed by atoms with Gasteiger partial charge < -0.3 is 0 Å². The summed E-state index contributed by atoms with van der Waals surface area (Å²) >= 11 is 0. The molecule has 4 heteroatoms. The minimum absolute atomic E-state index is 0.500. The van der Waals surface area contributed by atoms with Crippen molar-refractivity contribution in [3.8, 4) is 162 Å². The first-order valence-electron chi connectivity index (χ1n) is 37.8. The average Bonchev–Trinajstić information content (AvgIpc) is 1.50. The molecule has 2 heterocycles. The van der Waals surface area contributed by atoms with Gasteiger partial charge in [-0.15, -0.1) is 0 Å². The van der Waals surface area contributed by atoms with Crippen molar-refractivity contribution in [2.24, 2.45) is 0 Å². The van der Waals surface area contributed by atoms with Crippen LogP contribution in [0.15, 0.2) is 413 Å². The third kappa shape index (κ3) is 11.0. The normalized spacial score (nSPS) is 12.3. The number of aromatic nitrogens is 4. The van der Waals surface area contributed by atoms with Crippen LogP contribution in [0, 0.1) is 0 Å². The topological polar surface area (TPSA) is 43.6 Å². The zero-order valence-electron chi connectivity index (χ0n) is 60.0. The molecule has 2 aromatic heterocycles. The van der Waals surface area contributed by atoms with Crippen LogP contribution < -0.4 is 0 Å². The molecule has 0 saturated heterocycles. The molecule has 2 aliphatic rings. The molecule has 4 nitrogen and oxygen atoms in total. The van der Waals surface area contributed by atoms with Crippen LogP contribution in [0.25, 0.3) is 184 Å². The molecule has 0 bridgehead atoms. The molecule has 0 amide bonds. The van der Waals surface area contributed by atoms with Gasteiger partial charge in [-0.1, -0.05) is 309 Å². The quantitative estimate of drug-likeness (QED) is 0.116. The van der Waals surface area contributed by atoms with Gasteiger partial charge in [0.2, 0.25) is 5.95 Å². The molecule has 512 valence electrons. The van der Waals surface area contributed by atoms with Crippen molar-refractivity contribution in [1.29, 1.82) is 0 Å². The molecule has 0 fully saturated rings. The third-order valence-corrected chi connectivity index (χ3v) is 22.6. The Morgan fingerprint density at radius 3 is 0.791 bits per heavy atom. The van der Waals surface area contributed by atoms with Gasteiger partial charge in [0.1, 0.15) is 0 Å². The van der Waals surface area contributed by atoms with E-state index >= 15 is 0 Å². The summed E-state index contributed by atoms with van der Waals surface area (Å²) in [6, 6.07) is 151. The lowest BCUT2D eigenvalue weighted by molar-refractivity contribution is 0.794. The van der Waals surface area contributed by atoms with Crippen LogP contribution in [0.2, 0.25) is 0 Å². The van der Waals surface area contributed by atoms with Gasteiger partial charge in [0.25, 0.3) is 0 Å². The predicted molar refractivity (Wildman–Crippen MR) is 456 cm³/mol. The van der Waals surface area contributed by atoms with Crippen LogP contribution >= 0.6 is 0 Å². The summed E-state index contributed by atoms with van der Waals surface area (Å²) in [6.45, 7) is 0. The van der Waals surface area contributed by atoms with Crippen molar-refractivity contribution in [3.05, 3.63) is 435 Å². The summed E-state index contributed by atoms with van der Waals surface area (Å²) in [6.07, 6.45) is 0. The van der Waals surface area contributed by atoms with Gasteiger partial charge in [0, 0.05) is 21.9 Å². The predicted octanol–water partition coefficient (Wildman–Crippen LogP) is 27.3. The van der Waals surface area contributed by atoms with Gasteiger partial charge in [-0.3, -0.25) is 4.57 Å². The number of hydrogen-bond acceptors (Lipinski definition) is 3. The summed E-state index contributed by atoms with van der Waals surface area (Å²) in [5.74, 6) is 1.60. The maximum atomic E-state index is 5.91. The largest absolute Gasteiger partial charge is 0.278 e. The minimum Gasteiger partial charge on any atom is -0.278 e. The van der Waals surface area contributed by atoms with Crippen LogP contribution in [0.1, 0.15) is 22.3 Å². The Kier molecular flexibility index (Phi) is 15.4. The Labute approximate surface area is 639 Å². The fourth-order valence-corrected chi connectivity index (χ4v) is 17.4. The lowest BCUT2D eigenvalue weighted by atomic mass is 9.70. The molecule has 0 atom stereocenters. The van der Waals surface area contributed by atoms with E-state index in [0.717, 1.165) is 122 Å². The van der Waals surface area contributed by atoms with Gasteiger partial charge in [0.05, 0.1) is 16.4 Å². The van der Waals surface area contributed by atoms with E-state index < -0.39 is 5.41 Å². The number of nitrogens with zero attached hydrogens (tertiary/aromatic N) is 4. The second-order valence-corrected chi connectivity index (χ2v) is 29.0. The zero-order chi connectivity index (χ0) is 72.6. The zero-order valence-corrected chi connectivity index (χ0v) is 60.0. The van der Waals surface area contributed by atoms with Crippen molar-refractivity contribution in [1.82, 2.24) is 19.5 Å². The molecule has 17 aromatic carbocycles. The van der Waals surface area contributed by atoms with Crippen molar-refractivity contribution < 1.29 is 0 Å². The third-order valence-electron chi connectivity index (χ3n) is 22.6. The smallest absolute Gasteiger partial charge is 0.238 e. The van der Waals surface area contributed by atoms with Crippen molar-refractivity contribution in [2.45, 2.75) is 5.41 Å². The van der Waals surface area contributed by atoms with Crippen LogP contribution in [-0.4, -0.2) is 19.5 Å². The summed E-state index contributed by atoms with van der Waals surface area (Å²) in [5.41, 5.74) is 35.1. The summed E-state index contributed by atoms with van der Waals surface area (Å²) in [5, 5.41) is 2.15. The molecule has 1 spiro atoms. The summed E-state index contributed by atoms with van der Waals surface area (Å²) < 4.78 is 2.35. The van der Waals surface area contributed by atoms with Crippen LogP contribution in [0.4, 0.5) is 0 Å². The molecule has 2 aliphatic carbocycles. The van der Waals surface area contributed by atoms with E-state index in [1.807, 2.05) is 0 Å². The first-order chi connectivity index (χ1) is 54.5. The maximum absolute atomic E-state index is 5.91. The molecular formula is C106H68N4. The first kappa shape index (κ1) is 64.0. The van der Waals surface area contributed by atoms with E-state index in [1.54, 1.807) is 0 Å². The van der Waals surface area contributed by atoms with Crippen molar-refractivity contribution >= 4 is 21.8 Å². The summed E-state index contributed by atoms with van der Waals surface area (Å²) in [7, 11) is 0. The molecule has 19 aromatic rings. The fraction of sp³-hybridized carbons (Fsp3) is 0.00943. The highest BCUT2D eigenvalue weighted by molar-refractivity contribution is 6.14. The highest BCUT2D eigenvalue weighted by atomic mass is 15.2. The first-order valence-corrected chi connectivity index (χ1v) is 37.8. The van der Waals surface area contributed by atoms with E-state index in [0.29, 0.717) is 17.6 Å². The van der Waals surface area contributed by atoms with Gasteiger partial charge >= 0.3 is 0 Å². The van der Waals surface area contributed by atoms with E-state index in [1.165, 1.54) is 66.8 Å². The van der Waals surface area contributed by atoms with Gasteiger partial charge in [-0.25, -0.2) is 4.98 Å². The van der Waals surface area contributed by atoms with Gasteiger partial charge in [-0.05, 0) is 259 Å². The number of fused-ring (bicyclic) bond motifs is 13. The van der Waals surface area contributed by atoms with Crippen LogP contribution in [0.5, 0.6) is 0 Å². The van der Waals surface area contributed by atoms with Crippen molar-refractivity contribution in [2.75, 3.05) is 0 Å². The molecule has 21 rings (SSSR count). The molecule has 110 heavy (non-hydrogen) atoms. The molecule has 0 unspecified atom stereocenters. The van der Waals surface area contributed by atoms with E-state index in [4.69, 9.17) is 15.0 Å². The molecule has 0 radical (unpaired) electrons. The Morgan fingerprint density at radius 2 is 0.436 bits per heavy atom. The fourth-order valence-electron chi connectivity index (χ4n) is 17.4. The van der Waals surface area contributed by atoms with E-state index in [9.17, 15) is 0 Å². The monoisotopic (exact) mass is 1400 g/mol. The van der Waals surface area contributed by atoms with Gasteiger partial charge in [0.15, 0.2) is 11.6 Å². The van der Waals surface area contributed by atoms with E-state index in [2.05, 4.69) is 417 Å². The highest BCUT2D eigenvalue weighted by Gasteiger charge is 2.52. The molecule has 0 saturated carbocycles. The molecular weight excluding hydrogens is 1330 g/mol. The standard InChI is InChI=1S/C106H68N4/c1-9-29-69(30-10-1)79-53-80(70-31-11-2-12-32-70)58-87(57-79)77-50-52-101-95(65-77)96-67-94-93-51-49-78(88-59-81(71-33-13-3-14-34-71)54-82(60-88)72-35-15-4-16-36-72)66-99(93)106(97-47-27-25-45-91(97)92-46-26-28-48-98(92)106)100(94)68-102(96)110(101)105-108-103(89-61-83(73-37-17-5-18-38-73)55-84(62-89)74-39-19-6-20-40-74)107-104(109-105)90-63-85(75-41-21-7-22-42-75)56-86(64-90)76-43-23-8-24-44-76/h1-68H. The highest BCUT2D eigenvalue weighted by Crippen LogP contribution is 2.64. The Bertz CT molecular complexity index is 6350. The lowest BCUT2D eigenvalue weighted by Gasteiger charge is -2.31. The SMILES string of the molecule is c1ccc(-c2cc(-c3ccccc3)cc(-c3ccc4c(c3)C3(c5ccccc5-c5ccccc53)c3cc5c(cc3-4)c3cc(-c4cc(-c6ccccc6)cc(-c6ccccc6)c4)ccc3n5-c3nc(-c4cc(-c5ccccc5)cc(-c5ccccc5)c4)nc(-c4cc(-c5ccccc5)cc(-c5ccccc5)c4)n3)c2)cc1. The maximum Gasteiger partial charge on any atom is 0.238 e. The Balaban J connectivity index is 0.866. The molecule has 0 N–H and O–H groups in total. The lowest BCUT2D eigenvalue weighted by Crippen LogP contribution is -2.26. The van der Waals surface area contributed by atoms with Crippen LogP contribution in [0.3, 0.4) is 0 Å². The second-order valence-electron chi connectivity index (χ2n) is 29.0. The Hall–Kier alpha value is -14.5. The minimum atomic E-state index is -0.758. The Morgan fingerprint density at radius 1 is 0.164 bits per heavy atom. The van der Waals surface area contributed by atoms with Gasteiger partial charge in [-0.2, -0.15) is 9.97 Å².